The van der Waals surface area contributed by atoms with Crippen LogP contribution in [0, 0.1) is 6.92 Å². The van der Waals surface area contributed by atoms with Crippen molar-refractivity contribution in [2.45, 2.75) is 25.7 Å². The Labute approximate surface area is 140 Å². The van der Waals surface area contributed by atoms with Crippen LogP contribution in [0.4, 0.5) is 0 Å². The van der Waals surface area contributed by atoms with Gasteiger partial charge in [-0.1, -0.05) is 54.1 Å². The predicted octanol–water partition coefficient (Wildman–Crippen LogP) is 3.27. The van der Waals surface area contributed by atoms with E-state index >= 15 is 0 Å². The lowest BCUT2D eigenvalue weighted by molar-refractivity contribution is -0.143. The molecule has 24 heavy (non-hydrogen) atoms. The minimum atomic E-state index is -1.53. The fourth-order valence-corrected chi connectivity index (χ4v) is 3.31. The Morgan fingerprint density at radius 2 is 1.62 bits per heavy atom. The molecule has 2 aromatic rings. The molecule has 0 saturated heterocycles. The number of rotatable bonds is 4. The van der Waals surface area contributed by atoms with Crippen LogP contribution < -0.4 is 0 Å². The third-order valence-corrected chi connectivity index (χ3v) is 4.42. The number of aryl methyl sites for hydroxylation is 1. The largest absolute Gasteiger partial charge is 0.466 e. The fourth-order valence-electron chi connectivity index (χ4n) is 3.31. The molecule has 0 aromatic heterocycles. The Morgan fingerprint density at radius 3 is 2.17 bits per heavy atom. The number of fused-ring (bicyclic) bond motifs is 1. The van der Waals surface area contributed by atoms with Crippen LogP contribution in [0.1, 0.15) is 45.2 Å². The van der Waals surface area contributed by atoms with Crippen molar-refractivity contribution >= 4 is 17.5 Å². The topological polar surface area (TPSA) is 60.4 Å². The van der Waals surface area contributed by atoms with Crippen molar-refractivity contribution in [3.63, 3.8) is 0 Å². The van der Waals surface area contributed by atoms with Crippen LogP contribution in [0.5, 0.6) is 0 Å². The first kappa shape index (κ1) is 16.1. The van der Waals surface area contributed by atoms with Crippen molar-refractivity contribution in [1.29, 1.82) is 0 Å². The maximum atomic E-state index is 13.2. The summed E-state index contributed by atoms with van der Waals surface area (Å²) in [4.78, 5) is 38.5. The highest BCUT2D eigenvalue weighted by molar-refractivity contribution is 6.34. The van der Waals surface area contributed by atoms with Gasteiger partial charge < -0.3 is 4.74 Å². The second kappa shape index (κ2) is 6.04. The molecule has 1 aliphatic rings. The maximum Gasteiger partial charge on any atom is 0.307 e. The molecule has 4 heteroatoms. The molecule has 122 valence electrons. The molecule has 2 aromatic carbocycles. The molecular weight excluding hydrogens is 304 g/mol. The van der Waals surface area contributed by atoms with E-state index in [1.54, 1.807) is 49.4 Å². The first-order chi connectivity index (χ1) is 11.5. The average molecular weight is 322 g/mol. The van der Waals surface area contributed by atoms with Crippen LogP contribution >= 0.6 is 0 Å². The Kier molecular flexibility index (Phi) is 4.06. The number of ketones is 2. The van der Waals surface area contributed by atoms with Gasteiger partial charge in [0.15, 0.2) is 11.6 Å². The Bertz CT molecular complexity index is 800. The van der Waals surface area contributed by atoms with Crippen molar-refractivity contribution in [1.82, 2.24) is 0 Å². The Balaban J connectivity index is 2.19. The van der Waals surface area contributed by atoms with Gasteiger partial charge in [0.1, 0.15) is 5.41 Å². The number of esters is 1. The minimum Gasteiger partial charge on any atom is -0.466 e. The zero-order chi connectivity index (χ0) is 17.3. The van der Waals surface area contributed by atoms with E-state index in [1.165, 1.54) is 0 Å². The summed E-state index contributed by atoms with van der Waals surface area (Å²) in [5.74, 6) is -1.21. The van der Waals surface area contributed by atoms with Crippen LogP contribution in [0.3, 0.4) is 0 Å². The molecule has 0 radical (unpaired) electrons. The van der Waals surface area contributed by atoms with Crippen molar-refractivity contribution in [3.8, 4) is 0 Å². The van der Waals surface area contributed by atoms with Gasteiger partial charge >= 0.3 is 5.97 Å². The van der Waals surface area contributed by atoms with Crippen molar-refractivity contribution in [3.05, 3.63) is 70.8 Å². The second-order valence-electron chi connectivity index (χ2n) is 5.96. The van der Waals surface area contributed by atoms with Crippen molar-refractivity contribution < 1.29 is 19.1 Å². The van der Waals surface area contributed by atoms with Crippen LogP contribution in [-0.2, 0) is 14.9 Å². The summed E-state index contributed by atoms with van der Waals surface area (Å²) in [7, 11) is 0. The van der Waals surface area contributed by atoms with E-state index in [0.717, 1.165) is 5.56 Å². The molecule has 0 amide bonds. The summed E-state index contributed by atoms with van der Waals surface area (Å²) < 4.78 is 5.03. The van der Waals surface area contributed by atoms with Crippen LogP contribution in [0.2, 0.25) is 0 Å². The molecule has 0 N–H and O–H groups in total. The molecule has 0 saturated carbocycles. The number of carbonyl (C=O) groups excluding carboxylic acids is 3. The molecule has 0 atom stereocenters. The fraction of sp³-hybridized carbons (Fsp3) is 0.250. The molecule has 1 aliphatic carbocycles. The van der Waals surface area contributed by atoms with Gasteiger partial charge in [0.25, 0.3) is 0 Å². The number of ether oxygens (including phenoxy) is 1. The van der Waals surface area contributed by atoms with Gasteiger partial charge in [0.05, 0.1) is 13.0 Å². The maximum absolute atomic E-state index is 13.2. The molecule has 0 spiro atoms. The van der Waals surface area contributed by atoms with E-state index in [0.29, 0.717) is 16.7 Å². The summed E-state index contributed by atoms with van der Waals surface area (Å²) in [5.41, 5.74) is 0.678. The van der Waals surface area contributed by atoms with Gasteiger partial charge in [-0.05, 0) is 19.4 Å². The average Bonchev–Trinajstić information content (AvgIpc) is 2.78. The van der Waals surface area contributed by atoms with Gasteiger partial charge in [0.2, 0.25) is 0 Å². The quantitative estimate of drug-likeness (QED) is 0.640. The monoisotopic (exact) mass is 322 g/mol. The molecule has 3 rings (SSSR count). The molecule has 0 aliphatic heterocycles. The van der Waals surface area contributed by atoms with Gasteiger partial charge in [-0.2, -0.15) is 0 Å². The summed E-state index contributed by atoms with van der Waals surface area (Å²) in [6, 6.07) is 13.9. The van der Waals surface area contributed by atoms with Gasteiger partial charge in [-0.15, -0.1) is 0 Å². The summed E-state index contributed by atoms with van der Waals surface area (Å²) in [6.45, 7) is 3.79. The zero-order valence-corrected chi connectivity index (χ0v) is 13.7. The summed E-state index contributed by atoms with van der Waals surface area (Å²) in [6.07, 6.45) is -0.281. The van der Waals surface area contributed by atoms with Crippen molar-refractivity contribution in [2.75, 3.05) is 6.61 Å². The SMILES string of the molecule is CCOC(=O)CC1(c2cccc(C)c2)C(=O)c2ccccc2C1=O. The van der Waals surface area contributed by atoms with E-state index in [2.05, 4.69) is 0 Å². The number of Topliss-reactive ketones (excluding diaryl/α,β-unsaturated/α-hetero) is 2. The van der Waals surface area contributed by atoms with E-state index in [-0.39, 0.29) is 24.6 Å². The van der Waals surface area contributed by atoms with E-state index in [1.807, 2.05) is 13.0 Å². The number of benzene rings is 2. The molecule has 0 heterocycles. The van der Waals surface area contributed by atoms with Crippen molar-refractivity contribution in [2.24, 2.45) is 0 Å². The van der Waals surface area contributed by atoms with Gasteiger partial charge in [0, 0.05) is 11.1 Å². The highest BCUT2D eigenvalue weighted by atomic mass is 16.5. The standard InChI is InChI=1S/C20H18O4/c1-3-24-17(21)12-20(14-8-6-7-13(2)11-14)18(22)15-9-4-5-10-16(15)19(20)23/h4-11H,3,12H2,1-2H3. The van der Waals surface area contributed by atoms with Gasteiger partial charge in [-0.25, -0.2) is 0 Å². The van der Waals surface area contributed by atoms with Gasteiger partial charge in [-0.3, -0.25) is 14.4 Å². The zero-order valence-electron chi connectivity index (χ0n) is 13.7. The number of hydrogen-bond donors (Lipinski definition) is 0. The first-order valence-corrected chi connectivity index (χ1v) is 7.92. The molecule has 4 nitrogen and oxygen atoms in total. The third kappa shape index (κ3) is 2.35. The van der Waals surface area contributed by atoms with E-state index in [4.69, 9.17) is 4.74 Å². The van der Waals surface area contributed by atoms with Crippen LogP contribution in [0.25, 0.3) is 0 Å². The highest BCUT2D eigenvalue weighted by Gasteiger charge is 2.55. The number of carbonyl (C=O) groups is 3. The molecular formula is C20H18O4. The molecule has 0 unspecified atom stereocenters. The van der Waals surface area contributed by atoms with Crippen LogP contribution in [0.15, 0.2) is 48.5 Å². The van der Waals surface area contributed by atoms with Crippen LogP contribution in [-0.4, -0.2) is 24.1 Å². The Morgan fingerprint density at radius 1 is 1.00 bits per heavy atom. The lowest BCUT2D eigenvalue weighted by Gasteiger charge is -2.25. The number of hydrogen-bond acceptors (Lipinski definition) is 4. The van der Waals surface area contributed by atoms with E-state index < -0.39 is 11.4 Å². The predicted molar refractivity (Wildman–Crippen MR) is 89.2 cm³/mol. The normalized spacial score (nSPS) is 15.2. The summed E-state index contributed by atoms with van der Waals surface area (Å²) in [5, 5.41) is 0. The highest BCUT2D eigenvalue weighted by Crippen LogP contribution is 2.42. The molecule has 0 fully saturated rings. The Hall–Kier alpha value is -2.75. The summed E-state index contributed by atoms with van der Waals surface area (Å²) >= 11 is 0. The second-order valence-corrected chi connectivity index (χ2v) is 5.96. The first-order valence-electron chi connectivity index (χ1n) is 7.92. The minimum absolute atomic E-state index is 0.206. The van der Waals surface area contributed by atoms with E-state index in [9.17, 15) is 14.4 Å². The molecule has 0 bridgehead atoms. The lowest BCUT2D eigenvalue weighted by atomic mass is 9.73. The third-order valence-electron chi connectivity index (χ3n) is 4.42. The lowest BCUT2D eigenvalue weighted by Crippen LogP contribution is -2.41. The smallest absolute Gasteiger partial charge is 0.307 e.